The van der Waals surface area contributed by atoms with Gasteiger partial charge in [-0.2, -0.15) is 0 Å². The van der Waals surface area contributed by atoms with Crippen LogP contribution in [0, 0.1) is 5.41 Å². The van der Waals surface area contributed by atoms with Crippen LogP contribution in [-0.4, -0.2) is 20.8 Å². The van der Waals surface area contributed by atoms with Gasteiger partial charge in [0.15, 0.2) is 0 Å². The number of halogens is 2. The van der Waals surface area contributed by atoms with Crippen LogP contribution in [0.3, 0.4) is 0 Å². The molecule has 0 radical (unpaired) electrons. The minimum atomic E-state index is -3.51. The third kappa shape index (κ3) is 6.59. The molecule has 0 spiro atoms. The van der Waals surface area contributed by atoms with Crippen molar-refractivity contribution in [3.05, 3.63) is 34.9 Å². The van der Waals surface area contributed by atoms with Crippen molar-refractivity contribution >= 4 is 31.3 Å². The van der Waals surface area contributed by atoms with E-state index in [9.17, 15) is 8.42 Å². The zero-order chi connectivity index (χ0) is 13.8. The van der Waals surface area contributed by atoms with Crippen molar-refractivity contribution in [3.8, 4) is 0 Å². The average Bonchev–Trinajstić information content (AvgIpc) is 2.13. The first-order chi connectivity index (χ1) is 8.18. The summed E-state index contributed by atoms with van der Waals surface area (Å²) >= 11 is 5.85. The molecule has 0 aromatic heterocycles. The smallest absolute Gasteiger partial charge is 0.233 e. The van der Waals surface area contributed by atoms with E-state index in [0.29, 0.717) is 18.2 Å². The van der Waals surface area contributed by atoms with Crippen molar-refractivity contribution in [3.63, 3.8) is 0 Å². The normalized spacial score (nSPS) is 12.7. The van der Waals surface area contributed by atoms with E-state index in [0.717, 1.165) is 5.56 Å². The van der Waals surface area contributed by atoms with Gasteiger partial charge < -0.3 is 4.74 Å². The molecule has 1 aromatic rings. The summed E-state index contributed by atoms with van der Waals surface area (Å²) in [5.74, 6) is -0.114. The van der Waals surface area contributed by atoms with E-state index < -0.39 is 14.5 Å². The lowest BCUT2D eigenvalue weighted by Gasteiger charge is -2.22. The molecule has 0 unspecified atom stereocenters. The Labute approximate surface area is 117 Å². The molecule has 0 aliphatic carbocycles. The summed E-state index contributed by atoms with van der Waals surface area (Å²) in [5, 5.41) is 0.652. The topological polar surface area (TPSA) is 43.4 Å². The zero-order valence-electron chi connectivity index (χ0n) is 10.3. The maximum absolute atomic E-state index is 11.0. The fourth-order valence-corrected chi connectivity index (χ4v) is 3.70. The molecule has 0 saturated carbocycles. The average molecular weight is 311 g/mol. The standard InChI is InChI=1S/C12H16Cl2O3S/c1-12(2,9-18(14,15)16)8-17-7-10-4-3-5-11(13)6-10/h3-6H,7-9H2,1-2H3. The van der Waals surface area contributed by atoms with E-state index in [1.165, 1.54) is 0 Å². The quantitative estimate of drug-likeness (QED) is 0.756. The Hall–Kier alpha value is -0.290. The highest BCUT2D eigenvalue weighted by Crippen LogP contribution is 2.21. The van der Waals surface area contributed by atoms with E-state index in [1.807, 2.05) is 18.2 Å². The van der Waals surface area contributed by atoms with Crippen LogP contribution in [0.5, 0.6) is 0 Å². The lowest BCUT2D eigenvalue weighted by Crippen LogP contribution is -2.26. The van der Waals surface area contributed by atoms with Crippen molar-refractivity contribution < 1.29 is 13.2 Å². The van der Waals surface area contributed by atoms with Gasteiger partial charge in [-0.15, -0.1) is 0 Å². The van der Waals surface area contributed by atoms with Gasteiger partial charge in [0.05, 0.1) is 19.0 Å². The number of ether oxygens (including phenoxy) is 1. The number of hydrogen-bond acceptors (Lipinski definition) is 3. The molecule has 0 aliphatic rings. The molecule has 18 heavy (non-hydrogen) atoms. The highest BCUT2D eigenvalue weighted by Gasteiger charge is 2.25. The molecule has 0 amide bonds. The summed E-state index contributed by atoms with van der Waals surface area (Å²) in [4.78, 5) is 0. The van der Waals surface area contributed by atoms with Crippen molar-refractivity contribution in [2.24, 2.45) is 5.41 Å². The number of benzene rings is 1. The molecular formula is C12H16Cl2O3S. The summed E-state index contributed by atoms with van der Waals surface area (Å²) in [6.45, 7) is 4.30. The van der Waals surface area contributed by atoms with Gasteiger partial charge in [0.1, 0.15) is 0 Å². The predicted molar refractivity (Wildman–Crippen MR) is 74.5 cm³/mol. The van der Waals surface area contributed by atoms with Crippen molar-refractivity contribution in [2.45, 2.75) is 20.5 Å². The van der Waals surface area contributed by atoms with Crippen LogP contribution >= 0.6 is 22.3 Å². The Kier molecular flexibility index (Phi) is 5.46. The van der Waals surface area contributed by atoms with Crippen LogP contribution in [0.4, 0.5) is 0 Å². The van der Waals surface area contributed by atoms with Gasteiger partial charge in [0.25, 0.3) is 0 Å². The first-order valence-corrected chi connectivity index (χ1v) is 8.28. The maximum atomic E-state index is 11.0. The summed E-state index contributed by atoms with van der Waals surface area (Å²) in [6.07, 6.45) is 0. The molecule has 6 heteroatoms. The molecule has 1 rings (SSSR count). The lowest BCUT2D eigenvalue weighted by molar-refractivity contribution is 0.0614. The number of hydrogen-bond donors (Lipinski definition) is 0. The van der Waals surface area contributed by atoms with Gasteiger partial charge in [-0.1, -0.05) is 37.6 Å². The Morgan fingerprint density at radius 2 is 2.00 bits per heavy atom. The number of rotatable bonds is 6. The van der Waals surface area contributed by atoms with Crippen LogP contribution in [0.1, 0.15) is 19.4 Å². The molecule has 0 aliphatic heterocycles. The molecule has 3 nitrogen and oxygen atoms in total. The van der Waals surface area contributed by atoms with Crippen molar-refractivity contribution in [1.82, 2.24) is 0 Å². The van der Waals surface area contributed by atoms with Crippen LogP contribution in [-0.2, 0) is 20.4 Å². The van der Waals surface area contributed by atoms with Crippen molar-refractivity contribution in [2.75, 3.05) is 12.4 Å². The van der Waals surface area contributed by atoms with E-state index in [2.05, 4.69) is 0 Å². The SMILES string of the molecule is CC(C)(COCc1cccc(Cl)c1)CS(=O)(=O)Cl. The fourth-order valence-electron chi connectivity index (χ4n) is 1.58. The van der Waals surface area contributed by atoms with Gasteiger partial charge in [0.2, 0.25) is 9.05 Å². The zero-order valence-corrected chi connectivity index (χ0v) is 12.6. The molecule has 1 aromatic carbocycles. The Balaban J connectivity index is 2.46. The van der Waals surface area contributed by atoms with Crippen LogP contribution in [0.2, 0.25) is 5.02 Å². The Morgan fingerprint density at radius 1 is 1.33 bits per heavy atom. The molecule has 0 atom stereocenters. The second-order valence-electron chi connectivity index (χ2n) is 4.97. The van der Waals surface area contributed by atoms with Crippen LogP contribution in [0.15, 0.2) is 24.3 Å². The second-order valence-corrected chi connectivity index (χ2v) is 8.18. The van der Waals surface area contributed by atoms with Crippen LogP contribution in [0.25, 0.3) is 0 Å². The molecule has 0 fully saturated rings. The molecular weight excluding hydrogens is 295 g/mol. The first-order valence-electron chi connectivity index (χ1n) is 5.42. The van der Waals surface area contributed by atoms with E-state index in [4.69, 9.17) is 27.0 Å². The first kappa shape index (κ1) is 15.8. The molecule has 102 valence electrons. The Morgan fingerprint density at radius 3 is 2.56 bits per heavy atom. The monoisotopic (exact) mass is 310 g/mol. The minimum Gasteiger partial charge on any atom is -0.376 e. The van der Waals surface area contributed by atoms with Gasteiger partial charge >= 0.3 is 0 Å². The summed E-state index contributed by atoms with van der Waals surface area (Å²) in [7, 11) is 1.72. The van der Waals surface area contributed by atoms with E-state index >= 15 is 0 Å². The fraction of sp³-hybridized carbons (Fsp3) is 0.500. The molecule has 0 heterocycles. The highest BCUT2D eigenvalue weighted by molar-refractivity contribution is 8.13. The van der Waals surface area contributed by atoms with E-state index in [-0.39, 0.29) is 5.75 Å². The summed E-state index contributed by atoms with van der Waals surface area (Å²) in [5.41, 5.74) is 0.436. The molecule has 0 bridgehead atoms. The van der Waals surface area contributed by atoms with Crippen LogP contribution < -0.4 is 0 Å². The third-order valence-corrected chi connectivity index (χ3v) is 3.90. The Bertz CT molecular complexity index is 498. The van der Waals surface area contributed by atoms with Gasteiger partial charge in [-0.25, -0.2) is 8.42 Å². The lowest BCUT2D eigenvalue weighted by atomic mass is 9.98. The predicted octanol–water partition coefficient (Wildman–Crippen LogP) is 3.45. The maximum Gasteiger partial charge on any atom is 0.233 e. The second kappa shape index (κ2) is 6.24. The van der Waals surface area contributed by atoms with Crippen molar-refractivity contribution in [1.29, 1.82) is 0 Å². The molecule has 0 saturated heterocycles. The van der Waals surface area contributed by atoms with E-state index in [1.54, 1.807) is 19.9 Å². The van der Waals surface area contributed by atoms with Gasteiger partial charge in [-0.05, 0) is 17.7 Å². The highest BCUT2D eigenvalue weighted by atomic mass is 35.7. The third-order valence-electron chi connectivity index (χ3n) is 2.21. The van der Waals surface area contributed by atoms with Gasteiger partial charge in [-0.3, -0.25) is 0 Å². The molecule has 0 N–H and O–H groups in total. The summed E-state index contributed by atoms with van der Waals surface area (Å²) < 4.78 is 27.5. The summed E-state index contributed by atoms with van der Waals surface area (Å²) in [6, 6.07) is 7.34. The van der Waals surface area contributed by atoms with Gasteiger partial charge in [0, 0.05) is 21.1 Å². The largest absolute Gasteiger partial charge is 0.376 e. The minimum absolute atomic E-state index is 0.114.